The molecule has 0 amide bonds. The molecule has 1 fully saturated rings. The Morgan fingerprint density at radius 1 is 1.29 bits per heavy atom. The van der Waals surface area contributed by atoms with Crippen molar-refractivity contribution in [1.29, 1.82) is 0 Å². The van der Waals surface area contributed by atoms with E-state index in [0.29, 0.717) is 12.0 Å². The Labute approximate surface area is 127 Å². The van der Waals surface area contributed by atoms with Crippen LogP contribution in [0.25, 0.3) is 0 Å². The third kappa shape index (κ3) is 2.69. The smallest absolute Gasteiger partial charge is 0.119 e. The Balaban J connectivity index is 1.83. The van der Waals surface area contributed by atoms with Crippen molar-refractivity contribution in [2.75, 3.05) is 13.7 Å². The Bertz CT molecular complexity index is 500. The van der Waals surface area contributed by atoms with Gasteiger partial charge in [0, 0.05) is 12.1 Å². The summed E-state index contributed by atoms with van der Waals surface area (Å²) in [4.78, 5) is 2.57. The van der Waals surface area contributed by atoms with Gasteiger partial charge in [-0.15, -0.1) is 0 Å². The van der Waals surface area contributed by atoms with Gasteiger partial charge in [0.2, 0.25) is 0 Å². The van der Waals surface area contributed by atoms with Crippen LogP contribution in [0.4, 0.5) is 0 Å². The first-order valence-electron chi connectivity index (χ1n) is 8.22. The van der Waals surface area contributed by atoms with Gasteiger partial charge in [-0.25, -0.2) is 0 Å². The number of aliphatic hydroxyl groups excluding tert-OH is 1. The summed E-state index contributed by atoms with van der Waals surface area (Å²) in [5, 5.41) is 10.9. The van der Waals surface area contributed by atoms with Crippen LogP contribution in [0.15, 0.2) is 18.2 Å². The summed E-state index contributed by atoms with van der Waals surface area (Å²) in [6.45, 7) is 5.74. The lowest BCUT2D eigenvalue weighted by Crippen LogP contribution is -2.46. The molecule has 3 rings (SSSR count). The maximum absolute atomic E-state index is 10.9. The molecule has 1 saturated heterocycles. The number of hydrogen-bond acceptors (Lipinski definition) is 3. The second-order valence-electron chi connectivity index (χ2n) is 6.81. The molecule has 0 aromatic heterocycles. The minimum absolute atomic E-state index is 0.279. The van der Waals surface area contributed by atoms with Gasteiger partial charge >= 0.3 is 0 Å². The molecular weight excluding hydrogens is 262 g/mol. The van der Waals surface area contributed by atoms with E-state index >= 15 is 0 Å². The summed E-state index contributed by atoms with van der Waals surface area (Å²) in [7, 11) is 1.70. The number of nitrogens with zero attached hydrogens (tertiary/aromatic N) is 1. The molecule has 1 aliphatic heterocycles. The van der Waals surface area contributed by atoms with Gasteiger partial charge in [0.25, 0.3) is 0 Å². The first kappa shape index (κ1) is 14.9. The molecule has 3 atom stereocenters. The largest absolute Gasteiger partial charge is 0.497 e. The topological polar surface area (TPSA) is 32.7 Å². The van der Waals surface area contributed by atoms with Gasteiger partial charge in [0.15, 0.2) is 0 Å². The second-order valence-corrected chi connectivity index (χ2v) is 6.81. The maximum Gasteiger partial charge on any atom is 0.119 e. The predicted octanol–water partition coefficient (Wildman–Crippen LogP) is 3.16. The number of fused-ring (bicyclic) bond motifs is 1. The van der Waals surface area contributed by atoms with E-state index in [1.54, 1.807) is 7.11 Å². The van der Waals surface area contributed by atoms with E-state index in [1.165, 1.54) is 18.4 Å². The summed E-state index contributed by atoms with van der Waals surface area (Å²) in [6.07, 6.45) is 4.26. The van der Waals surface area contributed by atoms with Crippen LogP contribution in [-0.2, 0) is 6.42 Å². The molecular formula is C18H27NO2. The molecule has 116 valence electrons. The average Bonchev–Trinajstić information content (AvgIpc) is 2.96. The standard InChI is InChI=1S/C18H27NO2/c1-12(2)16-5-4-10-19(16)17-9-6-13-11-14(21-3)7-8-15(13)18(17)20/h7-8,11-12,16-18,20H,4-6,9-10H2,1-3H3. The summed E-state index contributed by atoms with van der Waals surface area (Å²) in [5.41, 5.74) is 2.35. The molecule has 2 aliphatic rings. The van der Waals surface area contributed by atoms with Crippen LogP contribution in [-0.4, -0.2) is 35.7 Å². The second kappa shape index (κ2) is 5.98. The van der Waals surface area contributed by atoms with E-state index in [4.69, 9.17) is 4.74 Å². The molecule has 3 nitrogen and oxygen atoms in total. The fourth-order valence-electron chi connectivity index (χ4n) is 4.17. The SMILES string of the molecule is COc1ccc2c(c1)CCC(N1CCCC1C(C)C)C2O. The van der Waals surface area contributed by atoms with E-state index in [2.05, 4.69) is 24.8 Å². The Morgan fingerprint density at radius 2 is 2.10 bits per heavy atom. The fourth-order valence-corrected chi connectivity index (χ4v) is 4.17. The number of likely N-dealkylation sites (tertiary alicyclic amines) is 1. The Kier molecular flexibility index (Phi) is 4.23. The zero-order valence-electron chi connectivity index (χ0n) is 13.4. The van der Waals surface area contributed by atoms with Crippen molar-refractivity contribution in [2.24, 2.45) is 5.92 Å². The van der Waals surface area contributed by atoms with Gasteiger partial charge in [-0.2, -0.15) is 0 Å². The first-order chi connectivity index (χ1) is 10.1. The van der Waals surface area contributed by atoms with Crippen LogP contribution >= 0.6 is 0 Å². The summed E-state index contributed by atoms with van der Waals surface area (Å²) in [5.74, 6) is 1.55. The Hall–Kier alpha value is -1.06. The number of benzene rings is 1. The fraction of sp³-hybridized carbons (Fsp3) is 0.667. The van der Waals surface area contributed by atoms with Gasteiger partial charge < -0.3 is 9.84 Å². The number of methoxy groups -OCH3 is 1. The van der Waals surface area contributed by atoms with Gasteiger partial charge in [-0.05, 0) is 61.4 Å². The minimum Gasteiger partial charge on any atom is -0.497 e. The quantitative estimate of drug-likeness (QED) is 0.928. The molecule has 1 N–H and O–H groups in total. The lowest BCUT2D eigenvalue weighted by Gasteiger charge is -2.41. The average molecular weight is 289 g/mol. The molecule has 0 radical (unpaired) electrons. The number of rotatable bonds is 3. The van der Waals surface area contributed by atoms with Crippen molar-refractivity contribution in [3.8, 4) is 5.75 Å². The third-order valence-corrected chi connectivity index (χ3v) is 5.28. The number of ether oxygens (including phenoxy) is 1. The van der Waals surface area contributed by atoms with E-state index in [-0.39, 0.29) is 12.1 Å². The van der Waals surface area contributed by atoms with Gasteiger partial charge in [-0.1, -0.05) is 19.9 Å². The van der Waals surface area contributed by atoms with Crippen LogP contribution in [0.3, 0.4) is 0 Å². The van der Waals surface area contributed by atoms with Crippen LogP contribution in [0, 0.1) is 5.92 Å². The predicted molar refractivity (Wildman–Crippen MR) is 84.6 cm³/mol. The highest BCUT2D eigenvalue weighted by molar-refractivity contribution is 5.39. The highest BCUT2D eigenvalue weighted by Gasteiger charge is 2.38. The van der Waals surface area contributed by atoms with Crippen molar-refractivity contribution >= 4 is 0 Å². The van der Waals surface area contributed by atoms with Crippen molar-refractivity contribution in [3.63, 3.8) is 0 Å². The summed E-state index contributed by atoms with van der Waals surface area (Å²) in [6, 6.07) is 7.00. The molecule has 0 saturated carbocycles. The van der Waals surface area contributed by atoms with Crippen LogP contribution < -0.4 is 4.74 Å². The molecule has 1 aromatic carbocycles. The third-order valence-electron chi connectivity index (χ3n) is 5.28. The van der Waals surface area contributed by atoms with Crippen molar-refractivity contribution in [1.82, 2.24) is 4.90 Å². The lowest BCUT2D eigenvalue weighted by atomic mass is 9.84. The number of aryl methyl sites for hydroxylation is 1. The normalized spacial score (nSPS) is 29.7. The van der Waals surface area contributed by atoms with Crippen LogP contribution in [0.5, 0.6) is 5.75 Å². The van der Waals surface area contributed by atoms with E-state index in [0.717, 1.165) is 30.7 Å². The monoisotopic (exact) mass is 289 g/mol. The molecule has 3 unspecified atom stereocenters. The van der Waals surface area contributed by atoms with Crippen molar-refractivity contribution in [3.05, 3.63) is 29.3 Å². The molecule has 21 heavy (non-hydrogen) atoms. The molecule has 0 spiro atoms. The van der Waals surface area contributed by atoms with Crippen LogP contribution in [0.1, 0.15) is 50.3 Å². The highest BCUT2D eigenvalue weighted by Crippen LogP contribution is 2.38. The molecule has 3 heteroatoms. The van der Waals surface area contributed by atoms with Gasteiger partial charge in [0.1, 0.15) is 5.75 Å². The Morgan fingerprint density at radius 3 is 2.81 bits per heavy atom. The highest BCUT2D eigenvalue weighted by atomic mass is 16.5. The van der Waals surface area contributed by atoms with Crippen molar-refractivity contribution < 1.29 is 9.84 Å². The molecule has 1 aromatic rings. The molecule has 1 aliphatic carbocycles. The van der Waals surface area contributed by atoms with Crippen molar-refractivity contribution in [2.45, 2.75) is 57.7 Å². The zero-order valence-corrected chi connectivity index (χ0v) is 13.4. The van der Waals surface area contributed by atoms with E-state index in [9.17, 15) is 5.11 Å². The molecule has 1 heterocycles. The number of hydrogen-bond donors (Lipinski definition) is 1. The number of aliphatic hydroxyl groups is 1. The summed E-state index contributed by atoms with van der Waals surface area (Å²) < 4.78 is 5.30. The first-order valence-corrected chi connectivity index (χ1v) is 8.22. The van der Waals surface area contributed by atoms with Gasteiger partial charge in [-0.3, -0.25) is 4.90 Å². The van der Waals surface area contributed by atoms with Gasteiger partial charge in [0.05, 0.1) is 13.2 Å². The minimum atomic E-state index is -0.362. The van der Waals surface area contributed by atoms with E-state index < -0.39 is 0 Å². The lowest BCUT2D eigenvalue weighted by molar-refractivity contribution is 0.0193. The summed E-state index contributed by atoms with van der Waals surface area (Å²) >= 11 is 0. The van der Waals surface area contributed by atoms with Crippen LogP contribution in [0.2, 0.25) is 0 Å². The maximum atomic E-state index is 10.9. The zero-order chi connectivity index (χ0) is 15.0. The van der Waals surface area contributed by atoms with E-state index in [1.807, 2.05) is 12.1 Å². The molecule has 0 bridgehead atoms.